The van der Waals surface area contributed by atoms with Gasteiger partial charge in [0.15, 0.2) is 5.69 Å². The molecule has 0 atom stereocenters. The number of hydrogen-bond acceptors (Lipinski definition) is 5. The van der Waals surface area contributed by atoms with Gasteiger partial charge in [-0.2, -0.15) is 0 Å². The maximum Gasteiger partial charge on any atom is 0.354 e. The van der Waals surface area contributed by atoms with Crippen LogP contribution in [0.2, 0.25) is 0 Å². The van der Waals surface area contributed by atoms with E-state index in [0.29, 0.717) is 18.3 Å². The molecular weight excluding hydrogens is 234 g/mol. The van der Waals surface area contributed by atoms with Gasteiger partial charge in [-0.25, -0.2) is 9.78 Å². The largest absolute Gasteiger partial charge is 0.477 e. The first kappa shape index (κ1) is 12.6. The summed E-state index contributed by atoms with van der Waals surface area (Å²) in [6.07, 6.45) is 2.48. The molecule has 0 spiro atoms. The van der Waals surface area contributed by atoms with Crippen LogP contribution in [0.3, 0.4) is 0 Å². The molecule has 18 heavy (non-hydrogen) atoms. The average molecular weight is 251 g/mol. The first-order chi connectivity index (χ1) is 8.58. The van der Waals surface area contributed by atoms with Crippen LogP contribution >= 0.6 is 0 Å². The molecule has 0 saturated heterocycles. The highest BCUT2D eigenvalue weighted by Crippen LogP contribution is 2.25. The summed E-state index contributed by atoms with van der Waals surface area (Å²) in [5.74, 6) is -0.894. The van der Waals surface area contributed by atoms with Crippen LogP contribution in [-0.4, -0.2) is 47.2 Å². The van der Waals surface area contributed by atoms with E-state index in [4.69, 9.17) is 15.6 Å². The molecule has 1 aromatic heterocycles. The van der Waals surface area contributed by atoms with Gasteiger partial charge in [0.05, 0.1) is 5.69 Å². The van der Waals surface area contributed by atoms with Gasteiger partial charge in [0.25, 0.3) is 0 Å². The summed E-state index contributed by atoms with van der Waals surface area (Å²) in [5.41, 5.74) is 5.98. The molecule has 0 bridgehead atoms. The van der Waals surface area contributed by atoms with Gasteiger partial charge in [0, 0.05) is 12.6 Å². The van der Waals surface area contributed by atoms with Crippen molar-refractivity contribution in [1.82, 2.24) is 9.88 Å². The Morgan fingerprint density at radius 1 is 1.61 bits per heavy atom. The molecule has 0 radical (unpaired) electrons. The van der Waals surface area contributed by atoms with E-state index in [1.165, 1.54) is 25.0 Å². The van der Waals surface area contributed by atoms with E-state index >= 15 is 0 Å². The molecule has 1 heterocycles. The van der Waals surface area contributed by atoms with Crippen LogP contribution in [0.1, 0.15) is 23.3 Å². The molecule has 1 fully saturated rings. The molecule has 0 aliphatic heterocycles. The molecule has 6 heteroatoms. The number of rotatable bonds is 6. The van der Waals surface area contributed by atoms with Crippen LogP contribution in [0, 0.1) is 0 Å². The number of anilines is 1. The lowest BCUT2D eigenvalue weighted by Crippen LogP contribution is -2.26. The molecule has 6 nitrogen and oxygen atoms in total. The second-order valence-electron chi connectivity index (χ2n) is 4.46. The van der Waals surface area contributed by atoms with Gasteiger partial charge >= 0.3 is 5.97 Å². The van der Waals surface area contributed by atoms with Gasteiger partial charge in [-0.05, 0) is 32.0 Å². The Bertz CT molecular complexity index is 446. The van der Waals surface area contributed by atoms with E-state index < -0.39 is 5.97 Å². The predicted molar refractivity (Wildman–Crippen MR) is 66.8 cm³/mol. The number of nitrogens with zero attached hydrogens (tertiary/aromatic N) is 2. The number of aromatic nitrogens is 1. The Hall–Kier alpha value is -1.82. The highest BCUT2D eigenvalue weighted by molar-refractivity contribution is 5.86. The quantitative estimate of drug-likeness (QED) is 0.778. The van der Waals surface area contributed by atoms with E-state index in [0.717, 1.165) is 6.54 Å². The van der Waals surface area contributed by atoms with Crippen molar-refractivity contribution < 1.29 is 14.6 Å². The van der Waals surface area contributed by atoms with Crippen LogP contribution in [0.5, 0.6) is 5.88 Å². The minimum absolute atomic E-state index is 0.0604. The van der Waals surface area contributed by atoms with E-state index in [1.807, 2.05) is 7.05 Å². The van der Waals surface area contributed by atoms with Gasteiger partial charge < -0.3 is 20.5 Å². The number of pyridine rings is 1. The van der Waals surface area contributed by atoms with Crippen LogP contribution in [0.4, 0.5) is 5.69 Å². The third-order valence-electron chi connectivity index (χ3n) is 2.96. The van der Waals surface area contributed by atoms with Crippen LogP contribution in [0.15, 0.2) is 12.1 Å². The van der Waals surface area contributed by atoms with Crippen molar-refractivity contribution in [2.24, 2.45) is 0 Å². The maximum atomic E-state index is 10.8. The number of carboxylic acids is 1. The highest BCUT2D eigenvalue weighted by Gasteiger charge is 2.25. The molecule has 1 aliphatic rings. The third-order valence-corrected chi connectivity index (χ3v) is 2.96. The van der Waals surface area contributed by atoms with E-state index in [9.17, 15) is 4.79 Å². The lowest BCUT2D eigenvalue weighted by molar-refractivity contribution is 0.0689. The van der Waals surface area contributed by atoms with E-state index in [-0.39, 0.29) is 11.6 Å². The lowest BCUT2D eigenvalue weighted by atomic mass is 10.3. The Balaban J connectivity index is 1.91. The Labute approximate surface area is 105 Å². The van der Waals surface area contributed by atoms with Crippen molar-refractivity contribution in [2.45, 2.75) is 18.9 Å². The smallest absolute Gasteiger partial charge is 0.354 e. The summed E-state index contributed by atoms with van der Waals surface area (Å²) in [6.45, 7) is 1.23. The van der Waals surface area contributed by atoms with Crippen LogP contribution in [-0.2, 0) is 0 Å². The number of aromatic carboxylic acids is 1. The topological polar surface area (TPSA) is 88.7 Å². The maximum absolute atomic E-state index is 10.8. The molecular formula is C12H17N3O3. The molecule has 98 valence electrons. The third kappa shape index (κ3) is 3.10. The van der Waals surface area contributed by atoms with Crippen LogP contribution < -0.4 is 10.5 Å². The summed E-state index contributed by atoms with van der Waals surface area (Å²) in [6, 6.07) is 3.53. The zero-order chi connectivity index (χ0) is 13.1. The van der Waals surface area contributed by atoms with Gasteiger partial charge in [-0.15, -0.1) is 0 Å². The zero-order valence-electron chi connectivity index (χ0n) is 10.3. The number of nitrogens with two attached hydrogens (primary N) is 1. The minimum Gasteiger partial charge on any atom is -0.477 e. The molecule has 2 rings (SSSR count). The summed E-state index contributed by atoms with van der Waals surface area (Å²) in [7, 11) is 2.05. The molecule has 1 aliphatic carbocycles. The fourth-order valence-electron chi connectivity index (χ4n) is 1.67. The van der Waals surface area contributed by atoms with Gasteiger partial charge in [0.1, 0.15) is 6.61 Å². The van der Waals surface area contributed by atoms with E-state index in [1.54, 1.807) is 0 Å². The number of hydrogen-bond donors (Lipinski definition) is 2. The van der Waals surface area contributed by atoms with Crippen molar-refractivity contribution in [3.05, 3.63) is 17.8 Å². The van der Waals surface area contributed by atoms with Gasteiger partial charge in [-0.3, -0.25) is 0 Å². The lowest BCUT2D eigenvalue weighted by Gasteiger charge is -2.16. The molecule has 1 saturated carbocycles. The molecule has 0 unspecified atom stereocenters. The fraction of sp³-hybridized carbons (Fsp3) is 0.500. The number of likely N-dealkylation sites (N-methyl/N-ethyl adjacent to an activating group) is 1. The summed E-state index contributed by atoms with van der Waals surface area (Å²) < 4.78 is 5.44. The number of carboxylic acid groups (broad SMARTS) is 1. The molecule has 1 aromatic rings. The van der Waals surface area contributed by atoms with Crippen molar-refractivity contribution in [2.75, 3.05) is 25.9 Å². The monoisotopic (exact) mass is 251 g/mol. The summed E-state index contributed by atoms with van der Waals surface area (Å²) in [4.78, 5) is 16.9. The molecule has 0 aromatic carbocycles. The van der Waals surface area contributed by atoms with Gasteiger partial charge in [0.2, 0.25) is 5.88 Å². The van der Waals surface area contributed by atoms with E-state index in [2.05, 4.69) is 9.88 Å². The number of nitrogen functional groups attached to an aromatic ring is 1. The minimum atomic E-state index is -1.09. The highest BCUT2D eigenvalue weighted by atomic mass is 16.5. The van der Waals surface area contributed by atoms with Crippen molar-refractivity contribution in [3.63, 3.8) is 0 Å². The fourth-order valence-corrected chi connectivity index (χ4v) is 1.67. The Morgan fingerprint density at radius 2 is 2.33 bits per heavy atom. The number of ether oxygens (including phenoxy) is 1. The van der Waals surface area contributed by atoms with Crippen molar-refractivity contribution in [3.8, 4) is 5.88 Å². The molecule has 0 amide bonds. The zero-order valence-corrected chi connectivity index (χ0v) is 10.3. The standard InChI is InChI=1S/C12H17N3O3/c1-15(8-2-3-8)6-7-18-11-9(13)4-5-10(14-11)12(16)17/h4-5,8H,2-3,6-7,13H2,1H3,(H,16,17). The Kier molecular flexibility index (Phi) is 3.66. The van der Waals surface area contributed by atoms with Crippen molar-refractivity contribution >= 4 is 11.7 Å². The summed E-state index contributed by atoms with van der Waals surface area (Å²) >= 11 is 0. The first-order valence-electron chi connectivity index (χ1n) is 5.91. The SMILES string of the molecule is CN(CCOc1nc(C(=O)O)ccc1N)C1CC1. The first-order valence-corrected chi connectivity index (χ1v) is 5.91. The second-order valence-corrected chi connectivity index (χ2v) is 4.46. The summed E-state index contributed by atoms with van der Waals surface area (Å²) in [5, 5.41) is 8.83. The second kappa shape index (κ2) is 5.22. The molecule has 3 N–H and O–H groups in total. The number of carbonyl (C=O) groups is 1. The predicted octanol–water partition coefficient (Wildman–Crippen LogP) is 0.835. The van der Waals surface area contributed by atoms with Gasteiger partial charge in [-0.1, -0.05) is 0 Å². The average Bonchev–Trinajstić information content (AvgIpc) is 3.15. The van der Waals surface area contributed by atoms with Crippen molar-refractivity contribution in [1.29, 1.82) is 0 Å². The van der Waals surface area contributed by atoms with Crippen LogP contribution in [0.25, 0.3) is 0 Å². The normalized spacial score (nSPS) is 14.8. The Morgan fingerprint density at radius 3 is 2.94 bits per heavy atom.